The lowest BCUT2D eigenvalue weighted by Gasteiger charge is -2.13. The van der Waals surface area contributed by atoms with Gasteiger partial charge in [0.05, 0.1) is 0 Å². The molecule has 18 heavy (non-hydrogen) atoms. The lowest BCUT2D eigenvalue weighted by molar-refractivity contribution is 0.106. The van der Waals surface area contributed by atoms with Gasteiger partial charge >= 0.3 is 0 Å². The number of aliphatic hydroxyl groups excluding tert-OH is 1. The summed E-state index contributed by atoms with van der Waals surface area (Å²) >= 11 is 5.84. The molecule has 0 aliphatic rings. The summed E-state index contributed by atoms with van der Waals surface area (Å²) in [5.74, 6) is 0.688. The number of nitrogens with one attached hydrogen (secondary N) is 1. The number of unbranched alkanes of at least 4 members (excludes halogenated alkanes) is 2. The smallest absolute Gasteiger partial charge is 0.120 e. The Morgan fingerprint density at radius 1 is 1.39 bits per heavy atom. The van der Waals surface area contributed by atoms with E-state index in [1.54, 1.807) is 12.1 Å². The molecule has 1 atom stereocenters. The van der Waals surface area contributed by atoms with E-state index in [0.29, 0.717) is 17.3 Å². The van der Waals surface area contributed by atoms with Crippen molar-refractivity contribution < 1.29 is 9.84 Å². The molecule has 0 saturated heterocycles. The van der Waals surface area contributed by atoms with Crippen LogP contribution >= 0.6 is 11.6 Å². The van der Waals surface area contributed by atoms with Crippen LogP contribution in [0.4, 0.5) is 0 Å². The van der Waals surface area contributed by atoms with Crippen LogP contribution in [0.2, 0.25) is 5.02 Å². The van der Waals surface area contributed by atoms with Crippen LogP contribution in [-0.4, -0.2) is 30.9 Å². The molecule has 0 aromatic heterocycles. The van der Waals surface area contributed by atoms with Crippen molar-refractivity contribution in [1.82, 2.24) is 5.32 Å². The lowest BCUT2D eigenvalue weighted by atomic mass is 10.2. The molecule has 0 saturated carbocycles. The van der Waals surface area contributed by atoms with E-state index in [-0.39, 0.29) is 6.61 Å². The molecule has 0 aliphatic carbocycles. The second kappa shape index (κ2) is 9.20. The van der Waals surface area contributed by atoms with Crippen LogP contribution < -0.4 is 10.1 Å². The van der Waals surface area contributed by atoms with Crippen molar-refractivity contribution in [2.45, 2.75) is 32.3 Å². The first-order valence-electron chi connectivity index (χ1n) is 6.49. The van der Waals surface area contributed by atoms with Crippen molar-refractivity contribution in [2.24, 2.45) is 0 Å². The highest BCUT2D eigenvalue weighted by molar-refractivity contribution is 6.30. The van der Waals surface area contributed by atoms with Crippen molar-refractivity contribution in [3.63, 3.8) is 0 Å². The summed E-state index contributed by atoms with van der Waals surface area (Å²) < 4.78 is 5.45. The van der Waals surface area contributed by atoms with Gasteiger partial charge in [-0.3, -0.25) is 0 Å². The molecular formula is C14H22ClNO2. The monoisotopic (exact) mass is 271 g/mol. The zero-order chi connectivity index (χ0) is 13.2. The largest absolute Gasteiger partial charge is 0.491 e. The van der Waals surface area contributed by atoms with Crippen molar-refractivity contribution >= 4 is 11.6 Å². The first-order chi connectivity index (χ1) is 8.72. The Morgan fingerprint density at radius 3 is 2.94 bits per heavy atom. The number of ether oxygens (including phenoxy) is 1. The second-order valence-corrected chi connectivity index (χ2v) is 4.77. The number of halogens is 1. The number of aliphatic hydroxyl groups is 1. The average Bonchev–Trinajstić information content (AvgIpc) is 2.36. The van der Waals surface area contributed by atoms with E-state index < -0.39 is 6.10 Å². The molecule has 0 heterocycles. The summed E-state index contributed by atoms with van der Waals surface area (Å²) in [6.07, 6.45) is 3.09. The zero-order valence-electron chi connectivity index (χ0n) is 10.9. The van der Waals surface area contributed by atoms with Gasteiger partial charge in [-0.15, -0.1) is 0 Å². The number of rotatable bonds is 9. The van der Waals surface area contributed by atoms with Crippen LogP contribution in [-0.2, 0) is 0 Å². The highest BCUT2D eigenvalue weighted by Crippen LogP contribution is 2.17. The zero-order valence-corrected chi connectivity index (χ0v) is 11.6. The molecular weight excluding hydrogens is 250 g/mol. The number of hydrogen-bond acceptors (Lipinski definition) is 3. The molecule has 3 nitrogen and oxygen atoms in total. The van der Waals surface area contributed by atoms with Crippen LogP contribution in [0.1, 0.15) is 26.2 Å². The average molecular weight is 272 g/mol. The molecule has 0 fully saturated rings. The Labute approximate surface area is 114 Å². The minimum atomic E-state index is -0.495. The molecule has 0 aliphatic heterocycles. The SMILES string of the molecule is CCCCCNCC(O)COc1cccc(Cl)c1. The predicted molar refractivity (Wildman–Crippen MR) is 75.3 cm³/mol. The van der Waals surface area contributed by atoms with Gasteiger partial charge in [0, 0.05) is 11.6 Å². The number of benzene rings is 1. The quantitative estimate of drug-likeness (QED) is 0.679. The van der Waals surface area contributed by atoms with Gasteiger partial charge in [-0.25, -0.2) is 0 Å². The number of hydrogen-bond donors (Lipinski definition) is 2. The highest BCUT2D eigenvalue weighted by Gasteiger charge is 2.04. The van der Waals surface area contributed by atoms with Gasteiger partial charge < -0.3 is 15.2 Å². The Morgan fingerprint density at radius 2 is 2.22 bits per heavy atom. The third kappa shape index (κ3) is 6.84. The molecule has 0 spiro atoms. The first kappa shape index (κ1) is 15.3. The first-order valence-corrected chi connectivity index (χ1v) is 6.87. The van der Waals surface area contributed by atoms with Gasteiger partial charge in [-0.2, -0.15) is 0 Å². The van der Waals surface area contributed by atoms with Gasteiger partial charge in [0.15, 0.2) is 0 Å². The van der Waals surface area contributed by atoms with Crippen LogP contribution in [0.5, 0.6) is 5.75 Å². The Kier molecular flexibility index (Phi) is 7.81. The molecule has 4 heteroatoms. The van der Waals surface area contributed by atoms with Gasteiger partial charge in [-0.1, -0.05) is 37.4 Å². The third-order valence-electron chi connectivity index (χ3n) is 2.58. The molecule has 0 radical (unpaired) electrons. The molecule has 1 aromatic rings. The molecule has 0 bridgehead atoms. The van der Waals surface area contributed by atoms with Crippen molar-refractivity contribution in [1.29, 1.82) is 0 Å². The fourth-order valence-electron chi connectivity index (χ4n) is 1.58. The molecule has 1 unspecified atom stereocenters. The van der Waals surface area contributed by atoms with Crippen molar-refractivity contribution in [2.75, 3.05) is 19.7 Å². The lowest BCUT2D eigenvalue weighted by Crippen LogP contribution is -2.32. The molecule has 2 N–H and O–H groups in total. The van der Waals surface area contributed by atoms with E-state index in [2.05, 4.69) is 12.2 Å². The maximum atomic E-state index is 9.72. The molecule has 102 valence electrons. The summed E-state index contributed by atoms with van der Waals surface area (Å²) in [5.41, 5.74) is 0. The fourth-order valence-corrected chi connectivity index (χ4v) is 1.76. The Bertz CT molecular complexity index is 333. The maximum Gasteiger partial charge on any atom is 0.120 e. The Hall–Kier alpha value is -0.770. The third-order valence-corrected chi connectivity index (χ3v) is 2.81. The predicted octanol–water partition coefficient (Wildman–Crippen LogP) is 2.86. The van der Waals surface area contributed by atoms with Crippen molar-refractivity contribution in [3.05, 3.63) is 29.3 Å². The van der Waals surface area contributed by atoms with E-state index in [0.717, 1.165) is 13.0 Å². The molecule has 1 aromatic carbocycles. The minimum absolute atomic E-state index is 0.279. The van der Waals surface area contributed by atoms with Gasteiger partial charge in [0.2, 0.25) is 0 Å². The van der Waals surface area contributed by atoms with Crippen LogP contribution in [0, 0.1) is 0 Å². The molecule has 0 amide bonds. The standard InChI is InChI=1S/C14H22ClNO2/c1-2-3-4-8-16-10-13(17)11-18-14-7-5-6-12(15)9-14/h5-7,9,13,16-17H,2-4,8,10-11H2,1H3. The Balaban J connectivity index is 2.11. The van der Waals surface area contributed by atoms with E-state index >= 15 is 0 Å². The van der Waals surface area contributed by atoms with E-state index in [1.807, 2.05) is 12.1 Å². The summed E-state index contributed by atoms with van der Waals surface area (Å²) in [4.78, 5) is 0. The van der Waals surface area contributed by atoms with Gasteiger partial charge in [0.25, 0.3) is 0 Å². The normalized spacial score (nSPS) is 12.4. The minimum Gasteiger partial charge on any atom is -0.491 e. The highest BCUT2D eigenvalue weighted by atomic mass is 35.5. The summed E-state index contributed by atoms with van der Waals surface area (Å²) in [5, 5.41) is 13.6. The second-order valence-electron chi connectivity index (χ2n) is 4.33. The summed E-state index contributed by atoms with van der Waals surface area (Å²) in [6.45, 7) is 3.96. The maximum absolute atomic E-state index is 9.72. The summed E-state index contributed by atoms with van der Waals surface area (Å²) in [7, 11) is 0. The van der Waals surface area contributed by atoms with Crippen LogP contribution in [0.3, 0.4) is 0 Å². The van der Waals surface area contributed by atoms with Crippen molar-refractivity contribution in [3.8, 4) is 5.75 Å². The summed E-state index contributed by atoms with van der Waals surface area (Å²) in [6, 6.07) is 7.18. The topological polar surface area (TPSA) is 41.5 Å². The fraction of sp³-hybridized carbons (Fsp3) is 0.571. The van der Waals surface area contributed by atoms with E-state index in [4.69, 9.17) is 16.3 Å². The van der Waals surface area contributed by atoms with Gasteiger partial charge in [0.1, 0.15) is 18.5 Å². The van der Waals surface area contributed by atoms with E-state index in [9.17, 15) is 5.11 Å². The van der Waals surface area contributed by atoms with Gasteiger partial charge in [-0.05, 0) is 31.2 Å². The molecule has 1 rings (SSSR count). The van der Waals surface area contributed by atoms with Crippen LogP contribution in [0.15, 0.2) is 24.3 Å². The van der Waals surface area contributed by atoms with E-state index in [1.165, 1.54) is 12.8 Å². The van der Waals surface area contributed by atoms with Crippen LogP contribution in [0.25, 0.3) is 0 Å².